The molecule has 0 radical (unpaired) electrons. The van der Waals surface area contributed by atoms with Gasteiger partial charge in [0.25, 0.3) is 0 Å². The number of hydrogen-bond acceptors (Lipinski definition) is 4. The van der Waals surface area contributed by atoms with Crippen LogP contribution in [0.1, 0.15) is 12.8 Å². The maximum absolute atomic E-state index is 11.4. The van der Waals surface area contributed by atoms with Crippen LogP contribution >= 0.6 is 0 Å². The Labute approximate surface area is 94.7 Å². The molecular weight excluding hydrogens is 212 g/mol. The smallest absolute Gasteiger partial charge is 0.249 e. The van der Waals surface area contributed by atoms with Gasteiger partial charge in [-0.25, -0.2) is 0 Å². The minimum absolute atomic E-state index is 0.0414. The fraction of sp³-hybridized carbons (Fsp3) is 0.800. The van der Waals surface area contributed by atoms with E-state index in [2.05, 4.69) is 15.4 Å². The van der Waals surface area contributed by atoms with E-state index in [1.165, 1.54) is 7.11 Å². The highest BCUT2D eigenvalue weighted by molar-refractivity contribution is 5.81. The average Bonchev–Trinajstić information content (AvgIpc) is 2.78. The van der Waals surface area contributed by atoms with Gasteiger partial charge in [0.05, 0.1) is 0 Å². The molecule has 6 heteroatoms. The van der Waals surface area contributed by atoms with Crippen LogP contribution in [0.3, 0.4) is 0 Å². The molecule has 1 aliphatic rings. The highest BCUT2D eigenvalue weighted by Gasteiger charge is 2.22. The number of ether oxygens (including phenoxy) is 2. The molecule has 0 aromatic heterocycles. The summed E-state index contributed by atoms with van der Waals surface area (Å²) >= 11 is 0. The van der Waals surface area contributed by atoms with Crippen molar-refractivity contribution in [3.8, 4) is 0 Å². The summed E-state index contributed by atoms with van der Waals surface area (Å²) in [5, 5.41) is 5.31. The molecular formula is C10H18N2O4. The lowest BCUT2D eigenvalue weighted by Crippen LogP contribution is -2.40. The average molecular weight is 230 g/mol. The maximum atomic E-state index is 11.4. The third kappa shape index (κ3) is 4.59. The van der Waals surface area contributed by atoms with Crippen molar-refractivity contribution >= 4 is 11.8 Å². The third-order valence-corrected chi connectivity index (χ3v) is 2.24. The zero-order valence-corrected chi connectivity index (χ0v) is 9.45. The molecule has 16 heavy (non-hydrogen) atoms. The highest BCUT2D eigenvalue weighted by Crippen LogP contribution is 2.11. The van der Waals surface area contributed by atoms with Gasteiger partial charge >= 0.3 is 0 Å². The Morgan fingerprint density at radius 3 is 2.75 bits per heavy atom. The first-order valence-electron chi connectivity index (χ1n) is 5.39. The van der Waals surface area contributed by atoms with Crippen molar-refractivity contribution in [1.82, 2.24) is 10.6 Å². The van der Waals surface area contributed by atoms with Crippen molar-refractivity contribution in [2.75, 3.05) is 33.4 Å². The number of methoxy groups -OCH3 is 1. The number of carbonyl (C=O) groups is 2. The van der Waals surface area contributed by atoms with E-state index in [9.17, 15) is 9.59 Å². The SMILES string of the molecule is COCC(=O)NCCNC(=O)C1CCCO1. The molecule has 0 spiro atoms. The molecule has 2 amide bonds. The fourth-order valence-electron chi connectivity index (χ4n) is 1.47. The van der Waals surface area contributed by atoms with E-state index in [1.807, 2.05) is 0 Å². The van der Waals surface area contributed by atoms with Crippen LogP contribution in [0.2, 0.25) is 0 Å². The van der Waals surface area contributed by atoms with E-state index < -0.39 is 0 Å². The second kappa shape index (κ2) is 7.19. The molecule has 1 saturated heterocycles. The van der Waals surface area contributed by atoms with Gasteiger partial charge in [-0.3, -0.25) is 9.59 Å². The predicted molar refractivity (Wildman–Crippen MR) is 56.9 cm³/mol. The van der Waals surface area contributed by atoms with E-state index in [-0.39, 0.29) is 24.5 Å². The molecule has 1 unspecified atom stereocenters. The van der Waals surface area contributed by atoms with Gasteiger partial charge in [0, 0.05) is 26.8 Å². The quantitative estimate of drug-likeness (QED) is 0.576. The van der Waals surface area contributed by atoms with Gasteiger partial charge in [-0.05, 0) is 12.8 Å². The molecule has 1 atom stereocenters. The number of nitrogens with one attached hydrogen (secondary N) is 2. The second-order valence-electron chi connectivity index (χ2n) is 3.58. The van der Waals surface area contributed by atoms with Crippen molar-refractivity contribution < 1.29 is 19.1 Å². The van der Waals surface area contributed by atoms with E-state index in [0.717, 1.165) is 12.8 Å². The van der Waals surface area contributed by atoms with E-state index in [0.29, 0.717) is 19.7 Å². The second-order valence-corrected chi connectivity index (χ2v) is 3.58. The minimum Gasteiger partial charge on any atom is -0.375 e. The molecule has 92 valence electrons. The van der Waals surface area contributed by atoms with Gasteiger partial charge in [0.1, 0.15) is 12.7 Å². The van der Waals surface area contributed by atoms with Crippen LogP contribution in [0.4, 0.5) is 0 Å². The molecule has 0 aromatic carbocycles. The summed E-state index contributed by atoms with van der Waals surface area (Å²) < 4.78 is 9.86. The molecule has 1 heterocycles. The Bertz CT molecular complexity index is 239. The first-order valence-corrected chi connectivity index (χ1v) is 5.39. The van der Waals surface area contributed by atoms with Gasteiger partial charge in [0.15, 0.2) is 0 Å². The number of hydrogen-bond donors (Lipinski definition) is 2. The Morgan fingerprint density at radius 2 is 2.12 bits per heavy atom. The zero-order chi connectivity index (χ0) is 11.8. The highest BCUT2D eigenvalue weighted by atomic mass is 16.5. The molecule has 0 aliphatic carbocycles. The minimum atomic E-state index is -0.310. The summed E-state index contributed by atoms with van der Waals surface area (Å²) in [4.78, 5) is 22.4. The molecule has 0 saturated carbocycles. The van der Waals surface area contributed by atoms with Crippen LogP contribution < -0.4 is 10.6 Å². The van der Waals surface area contributed by atoms with Gasteiger partial charge < -0.3 is 20.1 Å². The molecule has 6 nitrogen and oxygen atoms in total. The van der Waals surface area contributed by atoms with E-state index in [4.69, 9.17) is 4.74 Å². The molecule has 1 aliphatic heterocycles. The lowest BCUT2D eigenvalue weighted by atomic mass is 10.2. The third-order valence-electron chi connectivity index (χ3n) is 2.24. The number of rotatable bonds is 6. The van der Waals surface area contributed by atoms with Crippen molar-refractivity contribution in [3.63, 3.8) is 0 Å². The van der Waals surface area contributed by atoms with Gasteiger partial charge in [-0.15, -0.1) is 0 Å². The van der Waals surface area contributed by atoms with Gasteiger partial charge in [0.2, 0.25) is 11.8 Å². The van der Waals surface area contributed by atoms with Crippen LogP contribution in [0, 0.1) is 0 Å². The largest absolute Gasteiger partial charge is 0.375 e. The summed E-state index contributed by atoms with van der Waals surface area (Å²) in [5.41, 5.74) is 0. The van der Waals surface area contributed by atoms with Crippen LogP contribution in [0.5, 0.6) is 0 Å². The fourth-order valence-corrected chi connectivity index (χ4v) is 1.47. The predicted octanol–water partition coefficient (Wildman–Crippen LogP) is -0.956. The molecule has 1 rings (SSSR count). The standard InChI is InChI=1S/C10H18N2O4/c1-15-7-9(13)11-4-5-12-10(14)8-3-2-6-16-8/h8H,2-7H2,1H3,(H,11,13)(H,12,14). The number of amides is 2. The number of carbonyl (C=O) groups excluding carboxylic acids is 2. The summed E-state index contributed by atoms with van der Waals surface area (Å²) in [6, 6.07) is 0. The monoisotopic (exact) mass is 230 g/mol. The van der Waals surface area contributed by atoms with Crippen LogP contribution in [-0.2, 0) is 19.1 Å². The van der Waals surface area contributed by atoms with E-state index >= 15 is 0 Å². The Hall–Kier alpha value is -1.14. The summed E-state index contributed by atoms with van der Waals surface area (Å²) in [6.45, 7) is 1.51. The summed E-state index contributed by atoms with van der Waals surface area (Å²) in [5.74, 6) is -0.285. The van der Waals surface area contributed by atoms with Crippen LogP contribution in [0.25, 0.3) is 0 Å². The van der Waals surface area contributed by atoms with Crippen molar-refractivity contribution in [2.24, 2.45) is 0 Å². The first kappa shape index (κ1) is 12.9. The Balaban J connectivity index is 2.02. The zero-order valence-electron chi connectivity index (χ0n) is 9.45. The molecule has 0 bridgehead atoms. The normalized spacial score (nSPS) is 19.4. The van der Waals surface area contributed by atoms with Crippen molar-refractivity contribution in [3.05, 3.63) is 0 Å². The van der Waals surface area contributed by atoms with Crippen molar-refractivity contribution in [1.29, 1.82) is 0 Å². The van der Waals surface area contributed by atoms with Crippen LogP contribution in [0.15, 0.2) is 0 Å². The van der Waals surface area contributed by atoms with E-state index in [1.54, 1.807) is 0 Å². The van der Waals surface area contributed by atoms with Gasteiger partial charge in [-0.1, -0.05) is 0 Å². The summed E-state index contributed by atoms with van der Waals surface area (Å²) in [7, 11) is 1.46. The lowest BCUT2D eigenvalue weighted by molar-refractivity contribution is -0.130. The topological polar surface area (TPSA) is 76.7 Å². The Morgan fingerprint density at radius 1 is 1.38 bits per heavy atom. The molecule has 1 fully saturated rings. The van der Waals surface area contributed by atoms with Crippen molar-refractivity contribution in [2.45, 2.75) is 18.9 Å². The Kier molecular flexibility index (Phi) is 5.81. The summed E-state index contributed by atoms with van der Waals surface area (Å²) in [6.07, 6.45) is 1.40. The van der Waals surface area contributed by atoms with Gasteiger partial charge in [-0.2, -0.15) is 0 Å². The lowest BCUT2D eigenvalue weighted by Gasteiger charge is -2.10. The van der Waals surface area contributed by atoms with Crippen LogP contribution in [-0.4, -0.2) is 51.3 Å². The maximum Gasteiger partial charge on any atom is 0.249 e. The molecule has 0 aromatic rings. The molecule has 2 N–H and O–H groups in total. The first-order chi connectivity index (χ1) is 7.74.